The highest BCUT2D eigenvalue weighted by atomic mass is 32.1. The van der Waals surface area contributed by atoms with E-state index in [4.69, 9.17) is 5.73 Å². The van der Waals surface area contributed by atoms with Crippen LogP contribution in [0.25, 0.3) is 10.2 Å². The van der Waals surface area contributed by atoms with E-state index < -0.39 is 11.2 Å². The van der Waals surface area contributed by atoms with Gasteiger partial charge in [0.05, 0.1) is 0 Å². The van der Waals surface area contributed by atoms with E-state index in [0.29, 0.717) is 4.83 Å². The second-order valence-electron chi connectivity index (χ2n) is 2.18. The van der Waals surface area contributed by atoms with Crippen molar-refractivity contribution in [3.8, 4) is 0 Å². The standard InChI is InChI=1S/C5H4N4O2S/c6-2-1-3(10)7-5(11)8-4(1)12-9-2/h(H2,6,9)(H2,7,8,10,11). The van der Waals surface area contributed by atoms with Crippen LogP contribution in [0.3, 0.4) is 0 Å². The summed E-state index contributed by atoms with van der Waals surface area (Å²) in [6.45, 7) is 0. The van der Waals surface area contributed by atoms with Crippen molar-refractivity contribution in [2.45, 2.75) is 0 Å². The predicted molar refractivity (Wildman–Crippen MR) is 45.3 cm³/mol. The predicted octanol–water partition coefficient (Wildman–Crippen LogP) is -0.745. The topological polar surface area (TPSA) is 105 Å². The van der Waals surface area contributed by atoms with Crippen molar-refractivity contribution in [2.24, 2.45) is 0 Å². The highest BCUT2D eigenvalue weighted by Gasteiger charge is 2.07. The molecule has 0 bridgehead atoms. The zero-order valence-electron chi connectivity index (χ0n) is 5.75. The minimum Gasteiger partial charge on any atom is -0.382 e. The van der Waals surface area contributed by atoms with Gasteiger partial charge in [0.15, 0.2) is 5.82 Å². The highest BCUT2D eigenvalue weighted by Crippen LogP contribution is 2.15. The van der Waals surface area contributed by atoms with Crippen molar-refractivity contribution < 1.29 is 0 Å². The molecule has 2 aromatic heterocycles. The number of nitrogens with two attached hydrogens (primary N) is 1. The van der Waals surface area contributed by atoms with Crippen LogP contribution in [0.2, 0.25) is 0 Å². The molecule has 7 heteroatoms. The van der Waals surface area contributed by atoms with Crippen LogP contribution in [0.15, 0.2) is 9.59 Å². The summed E-state index contributed by atoms with van der Waals surface area (Å²) in [6.07, 6.45) is 0. The lowest BCUT2D eigenvalue weighted by atomic mass is 10.4. The van der Waals surface area contributed by atoms with Crippen LogP contribution in [0.4, 0.5) is 5.82 Å². The van der Waals surface area contributed by atoms with Crippen LogP contribution in [0.5, 0.6) is 0 Å². The monoisotopic (exact) mass is 184 g/mol. The molecule has 12 heavy (non-hydrogen) atoms. The van der Waals surface area contributed by atoms with Crippen molar-refractivity contribution in [1.29, 1.82) is 0 Å². The Morgan fingerprint density at radius 1 is 1.33 bits per heavy atom. The average molecular weight is 184 g/mol. The van der Waals surface area contributed by atoms with Gasteiger partial charge in [0.25, 0.3) is 5.56 Å². The lowest BCUT2D eigenvalue weighted by Crippen LogP contribution is -2.21. The number of H-pyrrole nitrogens is 2. The van der Waals surface area contributed by atoms with Crippen molar-refractivity contribution in [3.63, 3.8) is 0 Å². The van der Waals surface area contributed by atoms with Gasteiger partial charge in [-0.2, -0.15) is 4.37 Å². The Morgan fingerprint density at radius 3 is 2.83 bits per heavy atom. The van der Waals surface area contributed by atoms with Gasteiger partial charge in [-0.15, -0.1) is 0 Å². The van der Waals surface area contributed by atoms with Crippen LogP contribution in [0, 0.1) is 0 Å². The minimum absolute atomic E-state index is 0.146. The molecule has 0 spiro atoms. The van der Waals surface area contributed by atoms with Crippen LogP contribution in [0.1, 0.15) is 0 Å². The summed E-state index contributed by atoms with van der Waals surface area (Å²) >= 11 is 0.992. The lowest BCUT2D eigenvalue weighted by Gasteiger charge is -1.85. The first-order valence-electron chi connectivity index (χ1n) is 3.06. The molecule has 4 N–H and O–H groups in total. The highest BCUT2D eigenvalue weighted by molar-refractivity contribution is 7.13. The Morgan fingerprint density at radius 2 is 2.08 bits per heavy atom. The van der Waals surface area contributed by atoms with E-state index in [2.05, 4.69) is 14.3 Å². The third kappa shape index (κ3) is 0.832. The van der Waals surface area contributed by atoms with E-state index >= 15 is 0 Å². The maximum Gasteiger partial charge on any atom is 0.326 e. The molecule has 2 rings (SSSR count). The summed E-state index contributed by atoms with van der Waals surface area (Å²) < 4.78 is 3.73. The molecule has 0 aliphatic heterocycles. The second-order valence-corrected chi connectivity index (χ2v) is 2.95. The molecule has 0 atom stereocenters. The second kappa shape index (κ2) is 2.18. The molecule has 62 valence electrons. The summed E-state index contributed by atoms with van der Waals surface area (Å²) in [4.78, 5) is 26.7. The third-order valence-corrected chi connectivity index (χ3v) is 2.18. The van der Waals surface area contributed by atoms with Crippen molar-refractivity contribution in [3.05, 3.63) is 20.8 Å². The van der Waals surface area contributed by atoms with Crippen molar-refractivity contribution >= 4 is 27.6 Å². The number of nitrogens with zero attached hydrogens (tertiary/aromatic N) is 1. The Hall–Kier alpha value is -1.63. The fourth-order valence-corrected chi connectivity index (χ4v) is 1.61. The molecular weight excluding hydrogens is 180 g/mol. The fraction of sp³-hybridized carbons (Fsp3) is 0. The Kier molecular flexibility index (Phi) is 1.28. The van der Waals surface area contributed by atoms with Gasteiger partial charge in [-0.25, -0.2) is 4.79 Å². The van der Waals surface area contributed by atoms with E-state index in [9.17, 15) is 9.59 Å². The summed E-state index contributed by atoms with van der Waals surface area (Å²) in [7, 11) is 0. The molecular formula is C5H4N4O2S. The van der Waals surface area contributed by atoms with Gasteiger partial charge < -0.3 is 5.73 Å². The van der Waals surface area contributed by atoms with Crippen LogP contribution < -0.4 is 17.0 Å². The number of fused-ring (bicyclic) bond motifs is 1. The van der Waals surface area contributed by atoms with Crippen molar-refractivity contribution in [2.75, 3.05) is 5.73 Å². The van der Waals surface area contributed by atoms with Crippen LogP contribution in [-0.4, -0.2) is 14.3 Å². The zero-order chi connectivity index (χ0) is 8.72. The van der Waals surface area contributed by atoms with Gasteiger partial charge in [0.2, 0.25) is 0 Å². The Bertz CT molecular complexity index is 536. The number of anilines is 1. The Labute approximate surface area is 69.2 Å². The van der Waals surface area contributed by atoms with Crippen LogP contribution in [-0.2, 0) is 0 Å². The molecule has 6 nitrogen and oxygen atoms in total. The largest absolute Gasteiger partial charge is 0.382 e. The maximum absolute atomic E-state index is 11.1. The zero-order valence-corrected chi connectivity index (χ0v) is 6.57. The number of hydrogen-bond donors (Lipinski definition) is 3. The number of nitrogen functional groups attached to an aromatic ring is 1. The lowest BCUT2D eigenvalue weighted by molar-refractivity contribution is 1.09. The number of rotatable bonds is 0. The number of aromatic nitrogens is 3. The molecule has 0 saturated carbocycles. The quantitative estimate of drug-likeness (QED) is 0.501. The molecule has 0 fully saturated rings. The molecule has 2 heterocycles. The minimum atomic E-state index is -0.545. The molecule has 0 radical (unpaired) electrons. The number of aromatic amines is 2. The van der Waals surface area contributed by atoms with Gasteiger partial charge in [0.1, 0.15) is 10.2 Å². The van der Waals surface area contributed by atoms with E-state index in [-0.39, 0.29) is 11.2 Å². The van der Waals surface area contributed by atoms with Gasteiger partial charge in [-0.3, -0.25) is 14.8 Å². The molecule has 0 amide bonds. The van der Waals surface area contributed by atoms with Gasteiger partial charge >= 0.3 is 5.69 Å². The van der Waals surface area contributed by atoms with Gasteiger partial charge in [-0.05, 0) is 11.5 Å². The first-order valence-corrected chi connectivity index (χ1v) is 3.83. The summed E-state index contributed by atoms with van der Waals surface area (Å²) in [5.41, 5.74) is 4.34. The summed E-state index contributed by atoms with van der Waals surface area (Å²) in [5.74, 6) is 0.146. The van der Waals surface area contributed by atoms with Crippen molar-refractivity contribution in [1.82, 2.24) is 14.3 Å². The molecule has 0 saturated heterocycles. The molecule has 0 aromatic carbocycles. The van der Waals surface area contributed by atoms with E-state index in [1.807, 2.05) is 0 Å². The van der Waals surface area contributed by atoms with Gasteiger partial charge in [-0.1, -0.05) is 0 Å². The van der Waals surface area contributed by atoms with Gasteiger partial charge in [0, 0.05) is 0 Å². The molecule has 2 aromatic rings. The average Bonchev–Trinajstić information content (AvgIpc) is 2.31. The molecule has 0 aliphatic carbocycles. The van der Waals surface area contributed by atoms with E-state index in [1.165, 1.54) is 0 Å². The Balaban J connectivity index is 3.13. The number of hydrogen-bond acceptors (Lipinski definition) is 5. The van der Waals surface area contributed by atoms with Crippen LogP contribution >= 0.6 is 11.5 Å². The first-order chi connectivity index (χ1) is 5.68. The maximum atomic E-state index is 11.1. The normalized spacial score (nSPS) is 10.7. The molecule has 0 aliphatic rings. The third-order valence-electron chi connectivity index (χ3n) is 1.40. The fourth-order valence-electron chi connectivity index (χ4n) is 0.907. The first kappa shape index (κ1) is 7.04. The smallest absolute Gasteiger partial charge is 0.326 e. The van der Waals surface area contributed by atoms with E-state index in [0.717, 1.165) is 11.5 Å². The SMILES string of the molecule is Nc1nsc2[nH]c(=O)[nH]c(=O)c12. The van der Waals surface area contributed by atoms with E-state index in [1.54, 1.807) is 0 Å². The summed E-state index contributed by atoms with van der Waals surface area (Å²) in [5, 5.41) is 0.250. The summed E-state index contributed by atoms with van der Waals surface area (Å²) in [6, 6.07) is 0. The number of nitrogens with one attached hydrogen (secondary N) is 2. The molecule has 0 unspecified atom stereocenters.